The summed E-state index contributed by atoms with van der Waals surface area (Å²) in [6.45, 7) is 5.18. The highest BCUT2D eigenvalue weighted by atomic mass is 16.5. The molecule has 2 aliphatic heterocycles. The number of likely N-dealkylation sites (N-methyl/N-ethyl adjacent to an activating group) is 1. The first kappa shape index (κ1) is 21.2. The quantitative estimate of drug-likeness (QED) is 0.767. The van der Waals surface area contributed by atoms with Gasteiger partial charge < -0.3 is 19.5 Å². The van der Waals surface area contributed by atoms with Crippen LogP contribution in [0, 0.1) is 12.8 Å². The number of H-pyrrole nitrogens is 1. The molecule has 4 rings (SSSR count). The molecular weight excluding hydrogens is 394 g/mol. The van der Waals surface area contributed by atoms with Gasteiger partial charge in [-0.2, -0.15) is 0 Å². The van der Waals surface area contributed by atoms with Crippen LogP contribution in [-0.4, -0.2) is 59.3 Å². The van der Waals surface area contributed by atoms with Gasteiger partial charge in [-0.15, -0.1) is 0 Å². The van der Waals surface area contributed by atoms with Crippen molar-refractivity contribution in [3.8, 4) is 0 Å². The highest BCUT2D eigenvalue weighted by Gasteiger charge is 2.45. The number of piperidine rings is 1. The Morgan fingerprint density at radius 3 is 2.48 bits per heavy atom. The Hall–Kier alpha value is -3.09. The number of fused-ring (bicyclic) bond motifs is 1. The molecule has 2 atom stereocenters. The number of nitrogens with one attached hydrogen (secondary N) is 1. The average molecular weight is 424 g/mol. The molecule has 0 bridgehead atoms. The number of nitrogens with zero attached hydrogens (tertiary/aromatic N) is 2. The largest absolute Gasteiger partial charge is 0.466 e. The lowest BCUT2D eigenvalue weighted by Crippen LogP contribution is -2.49. The van der Waals surface area contributed by atoms with E-state index in [1.54, 1.807) is 24.9 Å². The first-order valence-electron chi connectivity index (χ1n) is 10.9. The van der Waals surface area contributed by atoms with Crippen molar-refractivity contribution in [1.82, 2.24) is 14.8 Å². The molecule has 2 unspecified atom stereocenters. The van der Waals surface area contributed by atoms with Gasteiger partial charge in [-0.25, -0.2) is 0 Å². The van der Waals surface area contributed by atoms with Gasteiger partial charge in [0.25, 0.3) is 5.91 Å². The second-order valence-electron chi connectivity index (χ2n) is 8.37. The van der Waals surface area contributed by atoms with Crippen molar-refractivity contribution in [3.05, 3.63) is 58.9 Å². The molecule has 0 saturated carbocycles. The van der Waals surface area contributed by atoms with Crippen LogP contribution in [0.2, 0.25) is 0 Å². The molecule has 0 aliphatic carbocycles. The number of amides is 2. The number of aryl methyl sites for hydroxylation is 1. The lowest BCUT2D eigenvalue weighted by molar-refractivity contribution is -0.151. The van der Waals surface area contributed by atoms with E-state index in [4.69, 9.17) is 4.74 Å². The number of ether oxygens (including phenoxy) is 1. The molecule has 0 spiro atoms. The summed E-state index contributed by atoms with van der Waals surface area (Å²) < 4.78 is 5.15. The molecule has 1 N–H and O–H groups in total. The minimum absolute atomic E-state index is 0.000270. The van der Waals surface area contributed by atoms with Gasteiger partial charge in [0.15, 0.2) is 0 Å². The van der Waals surface area contributed by atoms with E-state index in [-0.39, 0.29) is 29.7 Å². The Morgan fingerprint density at radius 2 is 1.84 bits per heavy atom. The van der Waals surface area contributed by atoms with Crippen molar-refractivity contribution in [2.24, 2.45) is 5.92 Å². The van der Waals surface area contributed by atoms with E-state index in [0.29, 0.717) is 38.1 Å². The summed E-state index contributed by atoms with van der Waals surface area (Å²) >= 11 is 0. The fourth-order valence-corrected chi connectivity index (χ4v) is 4.89. The van der Waals surface area contributed by atoms with Crippen LogP contribution in [0.1, 0.15) is 58.8 Å². The lowest BCUT2D eigenvalue weighted by atomic mass is 9.78. The summed E-state index contributed by atoms with van der Waals surface area (Å²) in [5, 5.41) is 0. The molecule has 3 heterocycles. The summed E-state index contributed by atoms with van der Waals surface area (Å²) in [6.07, 6.45) is 4.97. The van der Waals surface area contributed by atoms with Crippen LogP contribution in [-0.2, 0) is 14.3 Å². The summed E-state index contributed by atoms with van der Waals surface area (Å²) in [7, 11) is 1.77. The standard InChI is InChI=1S/C24H29N3O4/c1-4-31-24(30)16-9-11-27(12-10-16)23(29)20-17-7-5-6-8-18(17)22(28)26(3)21(20)19-14-25-13-15(19)2/h5-8,13-14,16,20-21,25H,4,9-12H2,1-3H3. The molecule has 7 heteroatoms. The molecule has 1 aromatic heterocycles. The number of esters is 1. The molecule has 1 saturated heterocycles. The molecule has 164 valence electrons. The number of carbonyl (C=O) groups is 3. The zero-order chi connectivity index (χ0) is 22.1. The van der Waals surface area contributed by atoms with Gasteiger partial charge in [0.05, 0.1) is 24.5 Å². The average Bonchev–Trinajstić information content (AvgIpc) is 3.21. The number of benzene rings is 1. The third kappa shape index (κ3) is 3.73. The van der Waals surface area contributed by atoms with E-state index in [1.165, 1.54) is 0 Å². The van der Waals surface area contributed by atoms with Crippen molar-refractivity contribution in [2.75, 3.05) is 26.7 Å². The fraction of sp³-hybridized carbons (Fsp3) is 0.458. The summed E-state index contributed by atoms with van der Waals surface area (Å²) in [5.74, 6) is -0.906. The van der Waals surface area contributed by atoms with E-state index < -0.39 is 5.92 Å². The Morgan fingerprint density at radius 1 is 1.13 bits per heavy atom. The van der Waals surface area contributed by atoms with Crippen molar-refractivity contribution >= 4 is 17.8 Å². The number of carbonyl (C=O) groups excluding carboxylic acids is 3. The molecule has 1 aromatic carbocycles. The minimum Gasteiger partial charge on any atom is -0.466 e. The number of aromatic nitrogens is 1. The van der Waals surface area contributed by atoms with E-state index in [0.717, 1.165) is 16.7 Å². The van der Waals surface area contributed by atoms with Crippen molar-refractivity contribution in [2.45, 2.75) is 38.6 Å². The molecule has 31 heavy (non-hydrogen) atoms. The van der Waals surface area contributed by atoms with Gasteiger partial charge in [-0.1, -0.05) is 18.2 Å². The second-order valence-corrected chi connectivity index (χ2v) is 8.37. The van der Waals surface area contributed by atoms with Crippen LogP contribution in [0.5, 0.6) is 0 Å². The number of aromatic amines is 1. The van der Waals surface area contributed by atoms with Crippen molar-refractivity contribution in [1.29, 1.82) is 0 Å². The summed E-state index contributed by atoms with van der Waals surface area (Å²) in [5.41, 5.74) is 3.32. The van der Waals surface area contributed by atoms with Gasteiger partial charge in [-0.05, 0) is 49.4 Å². The van der Waals surface area contributed by atoms with Crippen LogP contribution in [0.15, 0.2) is 36.7 Å². The SMILES string of the molecule is CCOC(=O)C1CCN(C(=O)C2c3ccccc3C(=O)N(C)C2c2c[nH]cc2C)CC1. The van der Waals surface area contributed by atoms with Gasteiger partial charge in [0.1, 0.15) is 0 Å². The molecular formula is C24H29N3O4. The van der Waals surface area contributed by atoms with E-state index >= 15 is 0 Å². The molecule has 2 aliphatic rings. The molecule has 2 amide bonds. The Labute approximate surface area is 182 Å². The Kier molecular flexibility index (Phi) is 5.85. The van der Waals surface area contributed by atoms with Crippen molar-refractivity contribution < 1.29 is 19.1 Å². The van der Waals surface area contributed by atoms with E-state index in [2.05, 4.69) is 4.98 Å². The van der Waals surface area contributed by atoms with E-state index in [9.17, 15) is 14.4 Å². The highest BCUT2D eigenvalue weighted by Crippen LogP contribution is 2.44. The zero-order valence-corrected chi connectivity index (χ0v) is 18.3. The first-order chi connectivity index (χ1) is 14.9. The number of hydrogen-bond donors (Lipinski definition) is 1. The highest BCUT2D eigenvalue weighted by molar-refractivity contribution is 6.01. The summed E-state index contributed by atoms with van der Waals surface area (Å²) in [6, 6.07) is 7.01. The van der Waals surface area contributed by atoms with Crippen LogP contribution in [0.3, 0.4) is 0 Å². The van der Waals surface area contributed by atoms with Gasteiger partial charge >= 0.3 is 5.97 Å². The predicted molar refractivity (Wildman–Crippen MR) is 115 cm³/mol. The van der Waals surface area contributed by atoms with E-state index in [1.807, 2.05) is 42.4 Å². The predicted octanol–water partition coefficient (Wildman–Crippen LogP) is 3.04. The Bertz CT molecular complexity index is 990. The second kappa shape index (κ2) is 8.57. The first-order valence-corrected chi connectivity index (χ1v) is 10.9. The number of likely N-dealkylation sites (tertiary alicyclic amines) is 1. The third-order valence-corrected chi connectivity index (χ3v) is 6.58. The fourth-order valence-electron chi connectivity index (χ4n) is 4.89. The van der Waals surface area contributed by atoms with Gasteiger partial charge in [0, 0.05) is 38.1 Å². The Balaban J connectivity index is 1.66. The molecule has 7 nitrogen and oxygen atoms in total. The van der Waals surface area contributed by atoms with Crippen LogP contribution in [0.4, 0.5) is 0 Å². The number of rotatable bonds is 4. The smallest absolute Gasteiger partial charge is 0.309 e. The molecule has 0 radical (unpaired) electrons. The monoisotopic (exact) mass is 423 g/mol. The number of hydrogen-bond acceptors (Lipinski definition) is 4. The van der Waals surface area contributed by atoms with Crippen LogP contribution < -0.4 is 0 Å². The normalized spacial score (nSPS) is 21.7. The zero-order valence-electron chi connectivity index (χ0n) is 18.3. The topological polar surface area (TPSA) is 82.7 Å². The molecule has 1 fully saturated rings. The van der Waals surface area contributed by atoms with Crippen molar-refractivity contribution in [3.63, 3.8) is 0 Å². The van der Waals surface area contributed by atoms with Gasteiger partial charge in [0.2, 0.25) is 5.91 Å². The summed E-state index contributed by atoms with van der Waals surface area (Å²) in [4.78, 5) is 45.7. The minimum atomic E-state index is -0.493. The maximum Gasteiger partial charge on any atom is 0.309 e. The van der Waals surface area contributed by atoms with Crippen LogP contribution >= 0.6 is 0 Å². The lowest BCUT2D eigenvalue weighted by Gasteiger charge is -2.42. The molecule has 2 aromatic rings. The third-order valence-electron chi connectivity index (χ3n) is 6.58. The maximum atomic E-state index is 13.8. The maximum absolute atomic E-state index is 13.8. The van der Waals surface area contributed by atoms with Crippen LogP contribution in [0.25, 0.3) is 0 Å². The van der Waals surface area contributed by atoms with Gasteiger partial charge in [-0.3, -0.25) is 14.4 Å².